The Balaban J connectivity index is 3.27. The van der Waals surface area contributed by atoms with Crippen molar-refractivity contribution in [2.45, 2.75) is 71.1 Å². The van der Waals surface area contributed by atoms with E-state index in [1.807, 2.05) is 0 Å². The molecule has 2 nitrogen and oxygen atoms in total. The molecular weight excluding hydrogens is 248 g/mol. The van der Waals surface area contributed by atoms with Crippen LogP contribution in [-0.2, 0) is 4.79 Å². The van der Waals surface area contributed by atoms with Gasteiger partial charge in [-0.15, -0.1) is 0 Å². The molecule has 0 saturated heterocycles. The average molecular weight is 278 g/mol. The van der Waals surface area contributed by atoms with Crippen LogP contribution in [0.2, 0.25) is 0 Å². The fraction of sp³-hybridized carbons (Fsp3) is 0.611. The maximum absolute atomic E-state index is 10.3. The molecule has 0 aromatic carbocycles. The molecule has 0 spiro atoms. The Kier molecular flexibility index (Phi) is 14.7. The van der Waals surface area contributed by atoms with Gasteiger partial charge in [0.25, 0.3) is 0 Å². The van der Waals surface area contributed by atoms with Crippen molar-refractivity contribution in [1.82, 2.24) is 0 Å². The van der Waals surface area contributed by atoms with Crippen LogP contribution in [0.1, 0.15) is 71.1 Å². The van der Waals surface area contributed by atoms with Gasteiger partial charge in [-0.05, 0) is 51.4 Å². The van der Waals surface area contributed by atoms with E-state index in [9.17, 15) is 4.79 Å². The third kappa shape index (κ3) is 16.7. The minimum absolute atomic E-state index is 0.295. The van der Waals surface area contributed by atoms with Gasteiger partial charge in [0.1, 0.15) is 0 Å². The topological polar surface area (TPSA) is 37.3 Å². The number of hydrogen-bond donors (Lipinski definition) is 1. The van der Waals surface area contributed by atoms with Gasteiger partial charge in [0.05, 0.1) is 0 Å². The van der Waals surface area contributed by atoms with Crippen molar-refractivity contribution in [1.29, 1.82) is 0 Å². The summed E-state index contributed by atoms with van der Waals surface area (Å²) in [5.74, 6) is -0.691. The van der Waals surface area contributed by atoms with Crippen LogP contribution < -0.4 is 0 Å². The zero-order valence-electron chi connectivity index (χ0n) is 12.9. The summed E-state index contributed by atoms with van der Waals surface area (Å²) in [6.07, 6.45) is 23.4. The molecule has 0 heterocycles. The summed E-state index contributed by atoms with van der Waals surface area (Å²) in [6.45, 7) is 2.20. The monoisotopic (exact) mass is 278 g/mol. The minimum Gasteiger partial charge on any atom is -0.481 e. The first kappa shape index (κ1) is 18.7. The Bertz CT molecular complexity index is 301. The fourth-order valence-corrected chi connectivity index (χ4v) is 1.80. The van der Waals surface area contributed by atoms with Gasteiger partial charge >= 0.3 is 5.97 Å². The maximum atomic E-state index is 10.3. The van der Waals surface area contributed by atoms with Crippen molar-refractivity contribution >= 4 is 5.97 Å². The van der Waals surface area contributed by atoms with Crippen molar-refractivity contribution in [3.8, 4) is 0 Å². The third-order valence-corrected chi connectivity index (χ3v) is 2.97. The van der Waals surface area contributed by atoms with E-state index in [4.69, 9.17) is 5.11 Å². The molecule has 1 N–H and O–H groups in total. The highest BCUT2D eigenvalue weighted by Gasteiger charge is 1.93. The van der Waals surface area contributed by atoms with E-state index < -0.39 is 5.97 Å². The van der Waals surface area contributed by atoms with Crippen LogP contribution in [0, 0.1) is 0 Å². The minimum atomic E-state index is -0.691. The van der Waals surface area contributed by atoms with E-state index in [1.54, 1.807) is 0 Å². The highest BCUT2D eigenvalue weighted by Crippen LogP contribution is 2.03. The summed E-state index contributed by atoms with van der Waals surface area (Å²) < 4.78 is 0. The molecule has 0 saturated carbocycles. The lowest BCUT2D eigenvalue weighted by molar-refractivity contribution is -0.137. The zero-order chi connectivity index (χ0) is 14.9. The highest BCUT2D eigenvalue weighted by molar-refractivity contribution is 5.66. The molecule has 0 aliphatic heterocycles. The first-order valence-corrected chi connectivity index (χ1v) is 7.94. The van der Waals surface area contributed by atoms with Crippen LogP contribution in [0.25, 0.3) is 0 Å². The molecule has 114 valence electrons. The Morgan fingerprint density at radius 3 is 1.65 bits per heavy atom. The second-order valence-electron chi connectivity index (χ2n) is 5.00. The molecule has 0 fully saturated rings. The number of allylic oxidation sites excluding steroid dienone is 6. The van der Waals surface area contributed by atoms with E-state index in [1.165, 1.54) is 12.8 Å². The van der Waals surface area contributed by atoms with E-state index in [0.717, 1.165) is 44.9 Å². The van der Waals surface area contributed by atoms with Crippen molar-refractivity contribution in [2.75, 3.05) is 0 Å². The molecular formula is C18H30O2. The van der Waals surface area contributed by atoms with Crippen molar-refractivity contribution in [3.05, 3.63) is 36.5 Å². The van der Waals surface area contributed by atoms with Crippen LogP contribution >= 0.6 is 0 Å². The van der Waals surface area contributed by atoms with Gasteiger partial charge in [-0.2, -0.15) is 0 Å². The Hall–Kier alpha value is -1.31. The summed E-state index contributed by atoms with van der Waals surface area (Å²) in [6, 6.07) is 0. The van der Waals surface area contributed by atoms with Crippen molar-refractivity contribution in [3.63, 3.8) is 0 Å². The summed E-state index contributed by atoms with van der Waals surface area (Å²) in [5, 5.41) is 8.49. The lowest BCUT2D eigenvalue weighted by Gasteiger charge is -1.93. The van der Waals surface area contributed by atoms with E-state index in [0.29, 0.717) is 6.42 Å². The average Bonchev–Trinajstić information content (AvgIpc) is 2.43. The molecule has 0 aromatic rings. The molecule has 0 amide bonds. The van der Waals surface area contributed by atoms with Crippen LogP contribution in [0.4, 0.5) is 0 Å². The Morgan fingerprint density at radius 1 is 0.750 bits per heavy atom. The quantitative estimate of drug-likeness (QED) is 0.348. The molecule has 0 aliphatic carbocycles. The predicted molar refractivity (Wildman–Crippen MR) is 86.9 cm³/mol. The lowest BCUT2D eigenvalue weighted by Crippen LogP contribution is -1.92. The summed E-state index contributed by atoms with van der Waals surface area (Å²) in [4.78, 5) is 10.3. The zero-order valence-corrected chi connectivity index (χ0v) is 12.9. The highest BCUT2D eigenvalue weighted by atomic mass is 16.4. The first-order chi connectivity index (χ1) is 9.77. The molecule has 0 bridgehead atoms. The molecule has 0 aliphatic rings. The van der Waals surface area contributed by atoms with Crippen LogP contribution in [0.5, 0.6) is 0 Å². The SMILES string of the molecule is CCC/C=C\CC/C=C\CC/C=C\CCCCC(=O)O. The second kappa shape index (κ2) is 15.7. The predicted octanol–water partition coefficient (Wildman–Crippen LogP) is 5.66. The fourth-order valence-electron chi connectivity index (χ4n) is 1.80. The number of aliphatic carboxylic acids is 1. The molecule has 0 radical (unpaired) electrons. The van der Waals surface area contributed by atoms with Crippen LogP contribution in [0.15, 0.2) is 36.5 Å². The smallest absolute Gasteiger partial charge is 0.303 e. The van der Waals surface area contributed by atoms with E-state index >= 15 is 0 Å². The van der Waals surface area contributed by atoms with Crippen molar-refractivity contribution in [2.24, 2.45) is 0 Å². The number of rotatable bonds is 13. The van der Waals surface area contributed by atoms with Gasteiger partial charge in [-0.25, -0.2) is 0 Å². The van der Waals surface area contributed by atoms with E-state index in [-0.39, 0.29) is 0 Å². The van der Waals surface area contributed by atoms with Gasteiger partial charge in [-0.3, -0.25) is 4.79 Å². The van der Waals surface area contributed by atoms with Gasteiger partial charge < -0.3 is 5.11 Å². The van der Waals surface area contributed by atoms with Gasteiger partial charge in [0, 0.05) is 6.42 Å². The normalized spacial score (nSPS) is 12.1. The lowest BCUT2D eigenvalue weighted by atomic mass is 10.1. The Morgan fingerprint density at radius 2 is 1.20 bits per heavy atom. The summed E-state index contributed by atoms with van der Waals surface area (Å²) in [7, 11) is 0. The molecule has 0 aromatic heterocycles. The largest absolute Gasteiger partial charge is 0.481 e. The Labute approximate surface area is 124 Å². The first-order valence-electron chi connectivity index (χ1n) is 7.94. The number of carboxylic acid groups (broad SMARTS) is 1. The van der Waals surface area contributed by atoms with Gasteiger partial charge in [0.2, 0.25) is 0 Å². The third-order valence-electron chi connectivity index (χ3n) is 2.97. The standard InChI is InChI=1S/C18H30O2/c1-2-3-4-5-6-7-8-9-10-11-12-13-14-15-16-17-18(19)20/h4-5,8-9,12-13H,2-3,6-7,10-11,14-17H2,1H3,(H,19,20)/b5-4-,9-8-,13-12-. The second-order valence-corrected chi connectivity index (χ2v) is 5.00. The number of hydrogen-bond acceptors (Lipinski definition) is 1. The van der Waals surface area contributed by atoms with E-state index in [2.05, 4.69) is 43.4 Å². The van der Waals surface area contributed by atoms with Crippen molar-refractivity contribution < 1.29 is 9.90 Å². The molecule has 2 heteroatoms. The molecule has 0 rings (SSSR count). The van der Waals surface area contributed by atoms with Gasteiger partial charge in [0.15, 0.2) is 0 Å². The molecule has 0 unspecified atom stereocenters. The number of carbonyl (C=O) groups is 1. The molecule has 20 heavy (non-hydrogen) atoms. The van der Waals surface area contributed by atoms with Gasteiger partial charge in [-0.1, -0.05) is 49.8 Å². The maximum Gasteiger partial charge on any atom is 0.303 e. The number of carboxylic acids is 1. The van der Waals surface area contributed by atoms with Crippen LogP contribution in [0.3, 0.4) is 0 Å². The molecule has 0 atom stereocenters. The number of unbranched alkanes of at least 4 members (excludes halogenated alkanes) is 5. The summed E-state index contributed by atoms with van der Waals surface area (Å²) in [5.41, 5.74) is 0. The summed E-state index contributed by atoms with van der Waals surface area (Å²) >= 11 is 0. The van der Waals surface area contributed by atoms with Crippen LogP contribution in [-0.4, -0.2) is 11.1 Å².